The Kier molecular flexibility index (Phi) is 8.00. The molecule has 184 valence electrons. The summed E-state index contributed by atoms with van der Waals surface area (Å²) in [5.41, 5.74) is 0.770. The third-order valence-electron chi connectivity index (χ3n) is 5.98. The Morgan fingerprint density at radius 3 is 1.83 bits per heavy atom. The molecule has 1 amide bonds. The van der Waals surface area contributed by atoms with Gasteiger partial charge in [-0.1, -0.05) is 112 Å². The molecule has 1 N–H and O–H groups in total. The van der Waals surface area contributed by atoms with E-state index in [2.05, 4.69) is 20.8 Å². The van der Waals surface area contributed by atoms with Crippen LogP contribution in [0.4, 0.5) is 4.79 Å². The second kappa shape index (κ2) is 11.3. The first-order valence-corrected chi connectivity index (χ1v) is 13.4. The molecule has 0 heterocycles. The first-order valence-electron chi connectivity index (χ1n) is 12.2. The van der Waals surface area contributed by atoms with Crippen LogP contribution in [0.15, 0.2) is 91.0 Å². The van der Waals surface area contributed by atoms with Crippen LogP contribution in [0.25, 0.3) is 0 Å². The topological polar surface area (TPSA) is 76.1 Å². The zero-order chi connectivity index (χ0) is 26.2. The molecule has 6 nitrogen and oxygen atoms in total. The third-order valence-corrected chi connectivity index (χ3v) is 11.0. The van der Waals surface area contributed by atoms with E-state index >= 15 is 0 Å². The molecule has 0 saturated heterocycles. The second-order valence-electron chi connectivity index (χ2n) is 9.34. The molecule has 7 heteroatoms. The average molecular weight is 493 g/mol. The van der Waals surface area contributed by atoms with Crippen LogP contribution in [0.2, 0.25) is 5.04 Å². The van der Waals surface area contributed by atoms with Crippen LogP contribution in [-0.4, -0.2) is 50.1 Å². The molecule has 3 aromatic carbocycles. The normalized spacial score (nSPS) is 12.9. The predicted octanol–water partition coefficient (Wildman–Crippen LogP) is 4.28. The van der Waals surface area contributed by atoms with Crippen LogP contribution in [0.3, 0.4) is 0 Å². The van der Waals surface area contributed by atoms with E-state index in [1.807, 2.05) is 78.9 Å². The van der Waals surface area contributed by atoms with Crippen molar-refractivity contribution in [1.82, 2.24) is 4.90 Å². The predicted molar refractivity (Wildman–Crippen MR) is 139 cm³/mol. The van der Waals surface area contributed by atoms with E-state index in [-0.39, 0.29) is 18.3 Å². The summed E-state index contributed by atoms with van der Waals surface area (Å²) in [4.78, 5) is 26.0. The van der Waals surface area contributed by atoms with Gasteiger partial charge in [-0.25, -0.2) is 9.59 Å². The van der Waals surface area contributed by atoms with Gasteiger partial charge in [-0.3, -0.25) is 4.90 Å². The highest BCUT2D eigenvalue weighted by atomic mass is 28.4. The third kappa shape index (κ3) is 5.99. The van der Waals surface area contributed by atoms with E-state index in [1.165, 1.54) is 0 Å². The van der Waals surface area contributed by atoms with E-state index in [9.17, 15) is 14.7 Å². The number of hydrogen-bond acceptors (Lipinski definition) is 4. The van der Waals surface area contributed by atoms with E-state index in [4.69, 9.17) is 10.5 Å². The highest BCUT2D eigenvalue weighted by Crippen LogP contribution is 2.37. The molecule has 0 bridgehead atoms. The molecule has 3 rings (SSSR count). The van der Waals surface area contributed by atoms with Crippen molar-refractivity contribution in [3.63, 3.8) is 0 Å². The highest BCUT2D eigenvalue weighted by Gasteiger charge is 2.51. The molecule has 0 aromatic heterocycles. The Hall–Kier alpha value is -3.42. The van der Waals surface area contributed by atoms with E-state index in [1.54, 1.807) is 12.1 Å². The molecule has 0 aliphatic carbocycles. The maximum atomic E-state index is 12.8. The minimum absolute atomic E-state index is 0.0158. The van der Waals surface area contributed by atoms with Gasteiger partial charge in [0.05, 0.1) is 6.61 Å². The van der Waals surface area contributed by atoms with Gasteiger partial charge in [0.25, 0.3) is 8.32 Å². The number of carbonyl (C=O) groups excluding carboxylic acids is 1. The van der Waals surface area contributed by atoms with Gasteiger partial charge in [-0.2, -0.15) is 0 Å². The van der Waals surface area contributed by atoms with Crippen molar-refractivity contribution in [2.24, 2.45) is 0 Å². The van der Waals surface area contributed by atoms with Crippen molar-refractivity contribution in [2.45, 2.75) is 38.5 Å². The minimum Gasteiger partial charge on any atom is -0.480 e. The molecule has 0 fully saturated rings. The maximum Gasteiger partial charge on any atom is 0.410 e. The molecule has 0 aliphatic heterocycles. The summed E-state index contributed by atoms with van der Waals surface area (Å²) in [5, 5.41) is 11.7. The van der Waals surface area contributed by atoms with Crippen LogP contribution in [0, 0.1) is 0 Å². The van der Waals surface area contributed by atoms with Crippen LogP contribution in [0.5, 0.6) is 0 Å². The molecule has 0 saturated carbocycles. The fraction of sp³-hybridized carbons (Fsp3) is 0.286. The molecule has 0 unspecified atom stereocenters. The first-order chi connectivity index (χ1) is 17.2. The Morgan fingerprint density at radius 1 is 0.914 bits per heavy atom. The molecule has 3 aromatic rings. The fourth-order valence-corrected chi connectivity index (χ4v) is 8.75. The van der Waals surface area contributed by atoms with E-state index in [0.29, 0.717) is 0 Å². The van der Waals surface area contributed by atoms with Gasteiger partial charge >= 0.3 is 12.1 Å². The van der Waals surface area contributed by atoms with Crippen LogP contribution < -0.4 is 10.4 Å². The second-order valence-corrected chi connectivity index (χ2v) is 13.6. The number of hydrogen-bond donors (Lipinski definition) is 1. The van der Waals surface area contributed by atoms with Crippen molar-refractivity contribution in [3.05, 3.63) is 96.6 Å². The lowest BCUT2D eigenvalue weighted by Crippen LogP contribution is -2.67. The minimum atomic E-state index is -3.03. The first kappa shape index (κ1) is 24.7. The number of carbonyl (C=O) groups is 2. The fourth-order valence-electron chi connectivity index (χ4n) is 4.19. The summed E-state index contributed by atoms with van der Waals surface area (Å²) in [6, 6.07) is 27.4. The molecular weight excluding hydrogens is 458 g/mol. The number of likely N-dealkylation sites (N-methyl/N-ethyl adjacent to an activating group) is 1. The van der Waals surface area contributed by atoms with Gasteiger partial charge in [-0.05, 0) is 21.0 Å². The number of carboxylic acid groups (broad SMARTS) is 1. The van der Waals surface area contributed by atoms with Crippen LogP contribution in [0.1, 0.15) is 27.7 Å². The SMILES string of the molecule is [2H]CN(C(=O)OCc1ccccc1)[C@@H](CO[Si](c1ccccc1)(c1ccccc1)C(C)(C)C)C(=O)O. The van der Waals surface area contributed by atoms with Gasteiger partial charge in [0.2, 0.25) is 0 Å². The van der Waals surface area contributed by atoms with Crippen molar-refractivity contribution in [3.8, 4) is 0 Å². The van der Waals surface area contributed by atoms with Gasteiger partial charge < -0.3 is 14.3 Å². The summed E-state index contributed by atoms with van der Waals surface area (Å²) < 4.78 is 20.0. The van der Waals surface area contributed by atoms with Crippen LogP contribution >= 0.6 is 0 Å². The molecule has 35 heavy (non-hydrogen) atoms. The lowest BCUT2D eigenvalue weighted by Gasteiger charge is -2.43. The summed E-state index contributed by atoms with van der Waals surface area (Å²) >= 11 is 0. The highest BCUT2D eigenvalue weighted by molar-refractivity contribution is 6.99. The van der Waals surface area contributed by atoms with Crippen molar-refractivity contribution in [2.75, 3.05) is 13.6 Å². The van der Waals surface area contributed by atoms with Gasteiger partial charge in [0.1, 0.15) is 6.61 Å². The van der Waals surface area contributed by atoms with E-state index in [0.717, 1.165) is 20.8 Å². The number of nitrogens with zero attached hydrogens (tertiary/aromatic N) is 1. The van der Waals surface area contributed by atoms with Crippen LogP contribution in [-0.2, 0) is 20.6 Å². The monoisotopic (exact) mass is 492 g/mol. The van der Waals surface area contributed by atoms with Crippen molar-refractivity contribution < 1.29 is 25.2 Å². The quantitative estimate of drug-likeness (QED) is 0.451. The van der Waals surface area contributed by atoms with Crippen molar-refractivity contribution >= 4 is 30.8 Å². The molecule has 1 atom stereocenters. The number of aliphatic carboxylic acids is 1. The smallest absolute Gasteiger partial charge is 0.410 e. The lowest BCUT2D eigenvalue weighted by molar-refractivity contribution is -0.143. The Labute approximate surface area is 209 Å². The number of benzene rings is 3. The molecule has 0 aliphatic rings. The maximum absolute atomic E-state index is 12.8. The van der Waals surface area contributed by atoms with Gasteiger partial charge in [-0.15, -0.1) is 0 Å². The zero-order valence-corrected chi connectivity index (χ0v) is 21.4. The Balaban J connectivity index is 1.92. The number of rotatable bonds is 9. The average Bonchev–Trinajstić information content (AvgIpc) is 2.88. The number of amides is 1. The Bertz CT molecular complexity index is 1080. The zero-order valence-electron chi connectivity index (χ0n) is 21.4. The summed E-state index contributed by atoms with van der Waals surface area (Å²) in [6.07, 6.45) is -0.868. The number of ether oxygens (including phenoxy) is 1. The lowest BCUT2D eigenvalue weighted by atomic mass is 10.2. The van der Waals surface area contributed by atoms with Crippen molar-refractivity contribution in [1.29, 1.82) is 0 Å². The summed E-state index contributed by atoms with van der Waals surface area (Å²) in [6.45, 7) is 5.97. The Morgan fingerprint density at radius 2 is 1.40 bits per heavy atom. The number of carboxylic acids is 1. The standard InChI is InChI=1S/C28H33NO5Si/c1-28(2,3)35(23-16-10-6-11-17-23,24-18-12-7-13-19-24)34-21-25(26(30)31)29(4)27(32)33-20-22-14-8-5-9-15-22/h5-19,25H,20-21H2,1-4H3,(H,30,31)/t25-/m0/s1/i4D. The van der Waals surface area contributed by atoms with E-state index < -0.39 is 33.4 Å². The molecule has 0 radical (unpaired) electrons. The summed E-state index contributed by atoms with van der Waals surface area (Å²) in [5.74, 6) is -1.25. The molecular formula is C28H33NO5Si. The van der Waals surface area contributed by atoms with Gasteiger partial charge in [0, 0.05) is 8.39 Å². The largest absolute Gasteiger partial charge is 0.480 e. The molecule has 0 spiro atoms. The van der Waals surface area contributed by atoms with Gasteiger partial charge in [0.15, 0.2) is 6.04 Å². The summed E-state index contributed by atoms with van der Waals surface area (Å²) in [7, 11) is -3.60.